The molecule has 0 saturated carbocycles. The summed E-state index contributed by atoms with van der Waals surface area (Å²) in [6, 6.07) is 6.97. The number of halogens is 1. The highest BCUT2D eigenvalue weighted by atomic mass is 79.9. The molecular formula is C13H10BrN3O4. The lowest BCUT2D eigenvalue weighted by molar-refractivity contribution is -0.385. The number of hydrogen-bond donors (Lipinski definition) is 2. The maximum atomic E-state index is 12.0. The molecule has 0 unspecified atom stereocenters. The molecule has 7 nitrogen and oxygen atoms in total. The second kappa shape index (κ2) is 5.88. The van der Waals surface area contributed by atoms with Gasteiger partial charge in [0.1, 0.15) is 5.69 Å². The largest absolute Gasteiger partial charge is 0.319 e. The maximum absolute atomic E-state index is 12.0. The maximum Gasteiger partial charge on any atom is 0.274 e. The SMILES string of the molecule is Cc1cc(Br)c(NC(=O)c2cccc(=O)[nH]2)cc1[N+](=O)[O-]. The lowest BCUT2D eigenvalue weighted by atomic mass is 10.2. The molecule has 108 valence electrons. The van der Waals surface area contributed by atoms with Crippen molar-refractivity contribution in [3.63, 3.8) is 0 Å². The van der Waals surface area contributed by atoms with E-state index in [0.717, 1.165) is 0 Å². The number of rotatable bonds is 3. The molecule has 8 heteroatoms. The topological polar surface area (TPSA) is 105 Å². The molecule has 21 heavy (non-hydrogen) atoms. The minimum atomic E-state index is -0.563. The quantitative estimate of drug-likeness (QED) is 0.654. The highest BCUT2D eigenvalue weighted by molar-refractivity contribution is 9.10. The van der Waals surface area contributed by atoms with Crippen molar-refractivity contribution in [2.75, 3.05) is 5.32 Å². The summed E-state index contributed by atoms with van der Waals surface area (Å²) < 4.78 is 0.511. The van der Waals surface area contributed by atoms with Crippen molar-refractivity contribution in [1.29, 1.82) is 0 Å². The molecule has 1 aromatic carbocycles. The Morgan fingerprint density at radius 3 is 2.71 bits per heavy atom. The van der Waals surface area contributed by atoms with Gasteiger partial charge >= 0.3 is 0 Å². The third kappa shape index (κ3) is 3.34. The van der Waals surface area contributed by atoms with Gasteiger partial charge in [0, 0.05) is 22.2 Å². The van der Waals surface area contributed by atoms with Crippen LogP contribution in [0.4, 0.5) is 11.4 Å². The summed E-state index contributed by atoms with van der Waals surface area (Å²) in [5.74, 6) is -0.563. The molecule has 1 aromatic heterocycles. The van der Waals surface area contributed by atoms with Crippen LogP contribution in [0.2, 0.25) is 0 Å². The third-order valence-corrected chi connectivity index (χ3v) is 3.40. The van der Waals surface area contributed by atoms with Crippen LogP contribution in [0.1, 0.15) is 16.1 Å². The number of nitrogens with one attached hydrogen (secondary N) is 2. The van der Waals surface area contributed by atoms with Crippen LogP contribution in [0.5, 0.6) is 0 Å². The number of amides is 1. The predicted octanol–water partition coefficient (Wildman–Crippen LogP) is 2.61. The number of nitro groups is 1. The fourth-order valence-electron chi connectivity index (χ4n) is 1.72. The number of H-pyrrole nitrogens is 1. The fourth-order valence-corrected chi connectivity index (χ4v) is 2.28. The summed E-state index contributed by atoms with van der Waals surface area (Å²) in [5.41, 5.74) is 0.282. The summed E-state index contributed by atoms with van der Waals surface area (Å²) in [6.45, 7) is 1.60. The second-order valence-corrected chi connectivity index (χ2v) is 5.11. The summed E-state index contributed by atoms with van der Waals surface area (Å²) in [4.78, 5) is 35.9. The van der Waals surface area contributed by atoms with Crippen molar-refractivity contribution in [2.24, 2.45) is 0 Å². The van der Waals surface area contributed by atoms with E-state index < -0.39 is 16.4 Å². The van der Waals surface area contributed by atoms with E-state index in [1.807, 2.05) is 0 Å². The van der Waals surface area contributed by atoms with Crippen molar-refractivity contribution < 1.29 is 9.72 Å². The van der Waals surface area contributed by atoms with Gasteiger partial charge in [-0.25, -0.2) is 0 Å². The number of aryl methyl sites for hydroxylation is 1. The molecule has 2 rings (SSSR count). The molecule has 0 aliphatic carbocycles. The lowest BCUT2D eigenvalue weighted by Gasteiger charge is -2.08. The molecule has 0 bridgehead atoms. The van der Waals surface area contributed by atoms with Crippen molar-refractivity contribution in [3.05, 3.63) is 66.5 Å². The molecule has 0 saturated heterocycles. The van der Waals surface area contributed by atoms with Crippen LogP contribution < -0.4 is 10.9 Å². The molecule has 1 amide bonds. The van der Waals surface area contributed by atoms with Gasteiger partial charge in [0.15, 0.2) is 0 Å². The summed E-state index contributed by atoms with van der Waals surface area (Å²) in [5, 5.41) is 13.4. The standard InChI is InChI=1S/C13H10BrN3O4/c1-7-5-8(14)10(6-11(7)17(20)21)16-13(19)9-3-2-4-12(18)15-9/h2-6H,1H3,(H,15,18)(H,16,19). The molecule has 0 radical (unpaired) electrons. The molecule has 2 aromatic rings. The number of carbonyl (C=O) groups excluding carboxylic acids is 1. The van der Waals surface area contributed by atoms with Gasteiger partial charge in [-0.3, -0.25) is 19.7 Å². The normalized spacial score (nSPS) is 10.2. The first-order valence-electron chi connectivity index (χ1n) is 5.83. The second-order valence-electron chi connectivity index (χ2n) is 4.26. The van der Waals surface area contributed by atoms with Crippen molar-refractivity contribution >= 4 is 33.2 Å². The first-order valence-corrected chi connectivity index (χ1v) is 6.63. The number of aromatic nitrogens is 1. The van der Waals surface area contributed by atoms with Crippen molar-refractivity contribution in [2.45, 2.75) is 6.92 Å². The highest BCUT2D eigenvalue weighted by Crippen LogP contribution is 2.30. The molecule has 0 aliphatic rings. The zero-order chi connectivity index (χ0) is 15.6. The van der Waals surface area contributed by atoms with Crippen LogP contribution in [0.3, 0.4) is 0 Å². The van der Waals surface area contributed by atoms with Crippen LogP contribution in [-0.4, -0.2) is 15.8 Å². The average Bonchev–Trinajstić information content (AvgIpc) is 2.41. The van der Waals surface area contributed by atoms with Gasteiger partial charge in [0.2, 0.25) is 5.56 Å². The Kier molecular flexibility index (Phi) is 4.18. The van der Waals surface area contributed by atoms with Crippen LogP contribution in [0.25, 0.3) is 0 Å². The van der Waals surface area contributed by atoms with Crippen LogP contribution in [-0.2, 0) is 0 Å². The molecule has 0 atom stereocenters. The minimum absolute atomic E-state index is 0.0672. The zero-order valence-corrected chi connectivity index (χ0v) is 12.4. The van der Waals surface area contributed by atoms with E-state index in [9.17, 15) is 19.7 Å². The van der Waals surface area contributed by atoms with E-state index >= 15 is 0 Å². The van der Waals surface area contributed by atoms with Gasteiger partial charge in [0.25, 0.3) is 11.6 Å². The van der Waals surface area contributed by atoms with E-state index in [4.69, 9.17) is 0 Å². The zero-order valence-electron chi connectivity index (χ0n) is 10.8. The number of benzene rings is 1. The molecule has 2 N–H and O–H groups in total. The fraction of sp³-hybridized carbons (Fsp3) is 0.0769. The number of nitro benzene ring substituents is 1. The Bertz CT molecular complexity index is 785. The molecule has 0 spiro atoms. The van der Waals surface area contributed by atoms with Crippen LogP contribution >= 0.6 is 15.9 Å². The van der Waals surface area contributed by atoms with Crippen LogP contribution in [0.15, 0.2) is 39.6 Å². The van der Waals surface area contributed by atoms with E-state index in [2.05, 4.69) is 26.2 Å². The molecular weight excluding hydrogens is 342 g/mol. The smallest absolute Gasteiger partial charge is 0.274 e. The van der Waals surface area contributed by atoms with Gasteiger partial charge in [0.05, 0.1) is 10.6 Å². The number of aromatic amines is 1. The summed E-state index contributed by atoms with van der Waals surface area (Å²) >= 11 is 3.24. The monoisotopic (exact) mass is 351 g/mol. The Hall–Kier alpha value is -2.48. The minimum Gasteiger partial charge on any atom is -0.319 e. The van der Waals surface area contributed by atoms with E-state index in [1.165, 1.54) is 24.3 Å². The molecule has 0 aliphatic heterocycles. The Morgan fingerprint density at radius 2 is 2.10 bits per heavy atom. The Morgan fingerprint density at radius 1 is 1.38 bits per heavy atom. The predicted molar refractivity (Wildman–Crippen MR) is 80.5 cm³/mol. The average molecular weight is 352 g/mol. The first kappa shape index (κ1) is 14.9. The first-order chi connectivity index (χ1) is 9.88. The van der Waals surface area contributed by atoms with Crippen molar-refractivity contribution in [3.8, 4) is 0 Å². The van der Waals surface area contributed by atoms with Crippen LogP contribution in [0, 0.1) is 17.0 Å². The Labute approximate surface area is 127 Å². The van der Waals surface area contributed by atoms with E-state index in [-0.39, 0.29) is 17.1 Å². The molecule has 0 fully saturated rings. The summed E-state index contributed by atoms with van der Waals surface area (Å²) in [7, 11) is 0. The number of anilines is 1. The van der Waals surface area contributed by atoms with Gasteiger partial charge in [-0.05, 0) is 35.0 Å². The van der Waals surface area contributed by atoms with Gasteiger partial charge < -0.3 is 10.3 Å². The number of pyridine rings is 1. The van der Waals surface area contributed by atoms with Gasteiger partial charge in [-0.2, -0.15) is 0 Å². The Balaban J connectivity index is 2.35. The lowest BCUT2D eigenvalue weighted by Crippen LogP contribution is -2.18. The summed E-state index contributed by atoms with van der Waals surface area (Å²) in [6.07, 6.45) is 0. The number of nitrogens with zero attached hydrogens (tertiary/aromatic N) is 1. The highest BCUT2D eigenvalue weighted by Gasteiger charge is 2.16. The van der Waals surface area contributed by atoms with Gasteiger partial charge in [-0.1, -0.05) is 6.07 Å². The number of carbonyl (C=O) groups is 1. The van der Waals surface area contributed by atoms with Gasteiger partial charge in [-0.15, -0.1) is 0 Å². The van der Waals surface area contributed by atoms with Crippen molar-refractivity contribution in [1.82, 2.24) is 4.98 Å². The number of hydrogen-bond acceptors (Lipinski definition) is 4. The van der Waals surface area contributed by atoms with E-state index in [1.54, 1.807) is 13.0 Å². The van der Waals surface area contributed by atoms with E-state index in [0.29, 0.717) is 10.0 Å². The third-order valence-electron chi connectivity index (χ3n) is 2.74. The molecule has 1 heterocycles.